The summed E-state index contributed by atoms with van der Waals surface area (Å²) in [6.07, 6.45) is 1.35. The van der Waals surface area contributed by atoms with Crippen LogP contribution in [0, 0.1) is 12.7 Å². The highest BCUT2D eigenvalue weighted by Gasteiger charge is 2.32. The van der Waals surface area contributed by atoms with Crippen molar-refractivity contribution < 1.29 is 31.8 Å². The van der Waals surface area contributed by atoms with Gasteiger partial charge in [0.15, 0.2) is 0 Å². The second kappa shape index (κ2) is 9.92. The average molecular weight is 551 g/mol. The first-order valence-corrected chi connectivity index (χ1v) is 13.4. The minimum absolute atomic E-state index is 0.0743. The highest BCUT2D eigenvalue weighted by molar-refractivity contribution is 7.90. The molecule has 0 saturated heterocycles. The van der Waals surface area contributed by atoms with E-state index in [2.05, 4.69) is 14.8 Å². The Bertz CT molecular complexity index is 1470. The molecule has 1 saturated carbocycles. The smallest absolute Gasteiger partial charge is 0.283 e. The number of aromatic nitrogens is 3. The van der Waals surface area contributed by atoms with Gasteiger partial charge in [0.1, 0.15) is 24.3 Å². The van der Waals surface area contributed by atoms with Gasteiger partial charge in [0, 0.05) is 31.2 Å². The first kappa shape index (κ1) is 25.4. The first-order chi connectivity index (χ1) is 17.6. The standard InChI is InChI=1S/C24H24ClFN4O6S/c1-13-7-21(36-15-5-6-19(26)18(25)8-15)27-24(14-3-4-14)17(13)9-20(31)29-37(32,33)22-10-23-30(28-22)11-16(34-2)12-35-23/h5-8,10,14,16H,3-4,9,11-12H2,1-2H3,(H,29,31)/t16-/m1/s1. The normalized spacial score (nSPS) is 17.1. The van der Waals surface area contributed by atoms with Gasteiger partial charge in [-0.25, -0.2) is 18.8 Å². The lowest BCUT2D eigenvalue weighted by molar-refractivity contribution is -0.118. The van der Waals surface area contributed by atoms with E-state index in [4.69, 9.17) is 25.8 Å². The molecule has 0 spiro atoms. The van der Waals surface area contributed by atoms with E-state index in [0.29, 0.717) is 29.1 Å². The Morgan fingerprint density at radius 2 is 2.08 bits per heavy atom. The summed E-state index contributed by atoms with van der Waals surface area (Å²) < 4.78 is 59.2. The second-order valence-corrected chi connectivity index (χ2v) is 11.0. The van der Waals surface area contributed by atoms with E-state index < -0.39 is 21.7 Å². The number of benzene rings is 1. The Morgan fingerprint density at radius 1 is 1.30 bits per heavy atom. The molecule has 1 amide bonds. The van der Waals surface area contributed by atoms with Crippen LogP contribution in [0.5, 0.6) is 17.5 Å². The topological polar surface area (TPSA) is 122 Å². The van der Waals surface area contributed by atoms with Gasteiger partial charge in [-0.15, -0.1) is 0 Å². The molecule has 1 aromatic carbocycles. The van der Waals surface area contributed by atoms with Crippen LogP contribution in [0.3, 0.4) is 0 Å². The molecule has 1 fully saturated rings. The summed E-state index contributed by atoms with van der Waals surface area (Å²) in [5.74, 6) is -0.251. The van der Waals surface area contributed by atoms with E-state index >= 15 is 0 Å². The summed E-state index contributed by atoms with van der Waals surface area (Å²) in [5.41, 5.74) is 2.02. The number of rotatable bonds is 8. The number of nitrogens with zero attached hydrogens (tertiary/aromatic N) is 3. The van der Waals surface area contributed by atoms with Crippen LogP contribution in [0.25, 0.3) is 0 Å². The fourth-order valence-electron chi connectivity index (χ4n) is 4.05. The molecule has 0 unspecified atom stereocenters. The quantitative estimate of drug-likeness (QED) is 0.452. The monoisotopic (exact) mass is 550 g/mol. The maximum Gasteiger partial charge on any atom is 0.283 e. The molecule has 10 nitrogen and oxygen atoms in total. The molecule has 37 heavy (non-hydrogen) atoms. The fraction of sp³-hybridized carbons (Fsp3) is 0.375. The molecular weight excluding hydrogens is 527 g/mol. The number of hydrogen-bond donors (Lipinski definition) is 1. The number of sulfonamides is 1. The fourth-order valence-corrected chi connectivity index (χ4v) is 5.16. The highest BCUT2D eigenvalue weighted by Crippen LogP contribution is 2.42. The predicted molar refractivity (Wildman–Crippen MR) is 130 cm³/mol. The summed E-state index contributed by atoms with van der Waals surface area (Å²) in [6, 6.07) is 6.91. The van der Waals surface area contributed by atoms with Crippen molar-refractivity contribution in [1.29, 1.82) is 0 Å². The van der Waals surface area contributed by atoms with Crippen molar-refractivity contribution in [2.45, 2.75) is 49.8 Å². The summed E-state index contributed by atoms with van der Waals surface area (Å²) in [4.78, 5) is 17.4. The zero-order valence-corrected chi connectivity index (χ0v) is 21.6. The van der Waals surface area contributed by atoms with Gasteiger partial charge in [-0.2, -0.15) is 13.5 Å². The van der Waals surface area contributed by atoms with Crippen LogP contribution in [0.15, 0.2) is 35.4 Å². The Morgan fingerprint density at radius 3 is 2.78 bits per heavy atom. The third-order valence-corrected chi connectivity index (χ3v) is 7.68. The van der Waals surface area contributed by atoms with Gasteiger partial charge >= 0.3 is 0 Å². The molecule has 2 aromatic heterocycles. The molecule has 1 aliphatic carbocycles. The number of fused-ring (bicyclic) bond motifs is 1. The van der Waals surface area contributed by atoms with Gasteiger partial charge < -0.3 is 14.2 Å². The summed E-state index contributed by atoms with van der Waals surface area (Å²) in [5, 5.41) is 3.68. The number of nitrogens with one attached hydrogen (secondary N) is 1. The third kappa shape index (κ3) is 5.55. The zero-order chi connectivity index (χ0) is 26.3. The van der Waals surface area contributed by atoms with Crippen LogP contribution in [-0.2, 0) is 32.5 Å². The Labute approximate surface area is 217 Å². The van der Waals surface area contributed by atoms with E-state index in [1.54, 1.807) is 13.0 Å². The SMILES string of the molecule is CO[C@H]1COc2cc(S(=O)(=O)NC(=O)Cc3c(C)cc(Oc4ccc(F)c(Cl)c4)nc3C3CC3)nn2C1. The van der Waals surface area contributed by atoms with Gasteiger partial charge in [0.05, 0.1) is 23.7 Å². The van der Waals surface area contributed by atoms with Crippen LogP contribution in [0.2, 0.25) is 5.02 Å². The molecule has 0 radical (unpaired) electrons. The summed E-state index contributed by atoms with van der Waals surface area (Å²) in [7, 11) is -2.69. The molecule has 3 heterocycles. The molecular formula is C24H24ClFN4O6S. The van der Waals surface area contributed by atoms with Crippen LogP contribution >= 0.6 is 11.6 Å². The number of amides is 1. The number of ether oxygens (including phenoxy) is 3. The van der Waals surface area contributed by atoms with Crippen molar-refractivity contribution >= 4 is 27.5 Å². The van der Waals surface area contributed by atoms with Crippen molar-refractivity contribution in [3.8, 4) is 17.5 Å². The lowest BCUT2D eigenvalue weighted by atomic mass is 10.0. The number of carbonyl (C=O) groups is 1. The Kier molecular flexibility index (Phi) is 6.82. The summed E-state index contributed by atoms with van der Waals surface area (Å²) >= 11 is 5.84. The van der Waals surface area contributed by atoms with E-state index in [1.165, 1.54) is 36.1 Å². The molecule has 1 atom stereocenters. The number of halogens is 2. The van der Waals surface area contributed by atoms with Crippen LogP contribution in [0.4, 0.5) is 4.39 Å². The Hall–Kier alpha value is -3.22. The van der Waals surface area contributed by atoms with Crippen molar-refractivity contribution in [3.05, 3.63) is 58.0 Å². The molecule has 13 heteroatoms. The maximum absolute atomic E-state index is 13.5. The number of aryl methyl sites for hydroxylation is 1. The molecule has 196 valence electrons. The van der Waals surface area contributed by atoms with Gasteiger partial charge in [-0.1, -0.05) is 11.6 Å². The molecule has 1 aliphatic heterocycles. The lowest BCUT2D eigenvalue weighted by Crippen LogP contribution is -2.33. The van der Waals surface area contributed by atoms with Crippen molar-refractivity contribution in [2.75, 3.05) is 13.7 Å². The molecule has 1 N–H and O–H groups in total. The Balaban J connectivity index is 1.33. The zero-order valence-electron chi connectivity index (χ0n) is 20.0. The number of hydrogen-bond acceptors (Lipinski definition) is 8. The van der Waals surface area contributed by atoms with Crippen LogP contribution in [0.1, 0.15) is 35.6 Å². The summed E-state index contributed by atoms with van der Waals surface area (Å²) in [6.45, 7) is 2.41. The number of carbonyl (C=O) groups excluding carboxylic acids is 1. The first-order valence-electron chi connectivity index (χ1n) is 11.6. The third-order valence-electron chi connectivity index (χ3n) is 6.14. The lowest BCUT2D eigenvalue weighted by Gasteiger charge is -2.22. The predicted octanol–water partition coefficient (Wildman–Crippen LogP) is 3.50. The van der Waals surface area contributed by atoms with E-state index in [9.17, 15) is 17.6 Å². The van der Waals surface area contributed by atoms with Crippen molar-refractivity contribution in [3.63, 3.8) is 0 Å². The van der Waals surface area contributed by atoms with Gasteiger partial charge in [0.2, 0.25) is 22.7 Å². The maximum atomic E-state index is 13.5. The van der Waals surface area contributed by atoms with Crippen molar-refractivity contribution in [1.82, 2.24) is 19.5 Å². The van der Waals surface area contributed by atoms with Gasteiger partial charge in [-0.05, 0) is 43.0 Å². The van der Waals surface area contributed by atoms with Gasteiger partial charge in [0.25, 0.3) is 10.0 Å². The van der Waals surface area contributed by atoms with Crippen LogP contribution < -0.4 is 14.2 Å². The number of methoxy groups -OCH3 is 1. The second-order valence-electron chi connectivity index (χ2n) is 8.97. The minimum atomic E-state index is -4.23. The highest BCUT2D eigenvalue weighted by atomic mass is 35.5. The van der Waals surface area contributed by atoms with E-state index in [1.807, 2.05) is 0 Å². The molecule has 5 rings (SSSR count). The largest absolute Gasteiger partial charge is 0.475 e. The average Bonchev–Trinajstić information content (AvgIpc) is 3.60. The molecule has 3 aromatic rings. The van der Waals surface area contributed by atoms with E-state index in [0.717, 1.165) is 12.8 Å². The molecule has 0 bridgehead atoms. The van der Waals surface area contributed by atoms with Crippen LogP contribution in [-0.4, -0.2) is 48.9 Å². The molecule has 2 aliphatic rings. The van der Waals surface area contributed by atoms with Crippen molar-refractivity contribution in [2.24, 2.45) is 0 Å². The van der Waals surface area contributed by atoms with E-state index in [-0.39, 0.29) is 46.9 Å². The number of pyridine rings is 1. The minimum Gasteiger partial charge on any atom is -0.475 e. The van der Waals surface area contributed by atoms with Gasteiger partial charge in [-0.3, -0.25) is 4.79 Å².